The van der Waals surface area contributed by atoms with Crippen LogP contribution < -0.4 is 0 Å². The smallest absolute Gasteiger partial charge is 0.309 e. The summed E-state index contributed by atoms with van der Waals surface area (Å²) in [7, 11) is 4.84. The number of hydrogen-bond donors (Lipinski definition) is 2. The number of methoxy groups -OCH3 is 1. The van der Waals surface area contributed by atoms with Crippen LogP contribution in [0.3, 0.4) is 0 Å². The normalized spacial score (nSPS) is 39.0. The molecule has 2 fully saturated rings. The molecular formula is C43H69NO15. The maximum Gasteiger partial charge on any atom is 0.309 e. The molecule has 16 heteroatoms. The Balaban J connectivity index is 2.00. The van der Waals surface area contributed by atoms with Gasteiger partial charge in [0, 0.05) is 45.1 Å². The van der Waals surface area contributed by atoms with Crippen molar-refractivity contribution in [3.05, 3.63) is 24.3 Å². The molecule has 0 amide bonds. The number of rotatable bonds is 13. The van der Waals surface area contributed by atoms with Crippen molar-refractivity contribution in [2.75, 3.05) is 21.2 Å². The molecule has 16 nitrogen and oxygen atoms in total. The molecule has 0 aromatic heterocycles. The van der Waals surface area contributed by atoms with Crippen molar-refractivity contribution in [2.45, 2.75) is 179 Å². The molecule has 0 aromatic carbocycles. The van der Waals surface area contributed by atoms with Gasteiger partial charge in [-0.3, -0.25) is 19.2 Å². The minimum atomic E-state index is -1.51. The van der Waals surface area contributed by atoms with Crippen molar-refractivity contribution < 1.29 is 72.1 Å². The first-order valence-corrected chi connectivity index (χ1v) is 20.8. The van der Waals surface area contributed by atoms with Crippen LogP contribution >= 0.6 is 0 Å². The fourth-order valence-corrected chi connectivity index (χ4v) is 8.02. The number of ketones is 1. The molecule has 0 spiro atoms. The number of allylic oxidation sites excluding steroid dienone is 3. The Labute approximate surface area is 349 Å². The lowest BCUT2D eigenvalue weighted by atomic mass is 9.83. The van der Waals surface area contributed by atoms with E-state index < -0.39 is 115 Å². The van der Waals surface area contributed by atoms with E-state index in [0.29, 0.717) is 12.7 Å². The van der Waals surface area contributed by atoms with Crippen LogP contribution in [0.15, 0.2) is 24.3 Å². The van der Waals surface area contributed by atoms with Gasteiger partial charge < -0.3 is 57.8 Å². The third kappa shape index (κ3) is 14.5. The molecule has 3 aliphatic rings. The number of aldehydes is 1. The fraction of sp³-hybridized carbons (Fsp3) is 0.791. The van der Waals surface area contributed by atoms with Gasteiger partial charge in [-0.2, -0.15) is 0 Å². The van der Waals surface area contributed by atoms with Crippen molar-refractivity contribution in [2.24, 2.45) is 17.8 Å². The van der Waals surface area contributed by atoms with Gasteiger partial charge in [0.25, 0.3) is 0 Å². The van der Waals surface area contributed by atoms with E-state index in [1.54, 1.807) is 78.8 Å². The highest BCUT2D eigenvalue weighted by Gasteiger charge is 2.53. The summed E-state index contributed by atoms with van der Waals surface area (Å²) in [6.07, 6.45) is -4.00. The van der Waals surface area contributed by atoms with E-state index in [1.807, 2.05) is 13.8 Å². The van der Waals surface area contributed by atoms with Gasteiger partial charge >= 0.3 is 17.9 Å². The minimum absolute atomic E-state index is 0.0128. The second-order valence-electron chi connectivity index (χ2n) is 17.0. The zero-order valence-electron chi connectivity index (χ0n) is 36.6. The van der Waals surface area contributed by atoms with Gasteiger partial charge in [-0.1, -0.05) is 45.9 Å². The summed E-state index contributed by atoms with van der Waals surface area (Å²) in [5.74, 6) is -3.22. The summed E-state index contributed by atoms with van der Waals surface area (Å²) in [5.41, 5.74) is -1.51. The largest absolute Gasteiger partial charge is 0.462 e. The lowest BCUT2D eigenvalue weighted by Gasteiger charge is -2.50. The third-order valence-electron chi connectivity index (χ3n) is 11.0. The number of likely N-dealkylation sites (N-methyl/N-ethyl adjacent to an activating group) is 1. The number of hydrogen-bond acceptors (Lipinski definition) is 16. The van der Waals surface area contributed by atoms with Gasteiger partial charge in [0.1, 0.15) is 42.4 Å². The Morgan fingerprint density at radius 1 is 1.00 bits per heavy atom. The average Bonchev–Trinajstić information content (AvgIpc) is 3.13. The first-order valence-electron chi connectivity index (χ1n) is 20.8. The van der Waals surface area contributed by atoms with E-state index in [-0.39, 0.29) is 43.8 Å². The van der Waals surface area contributed by atoms with Gasteiger partial charge in [0.15, 0.2) is 24.5 Å². The Morgan fingerprint density at radius 2 is 1.69 bits per heavy atom. The van der Waals surface area contributed by atoms with Gasteiger partial charge in [-0.15, -0.1) is 0 Å². The minimum Gasteiger partial charge on any atom is -0.462 e. The molecule has 3 rings (SSSR count). The second kappa shape index (κ2) is 23.2. The van der Waals surface area contributed by atoms with Crippen molar-refractivity contribution in [1.29, 1.82) is 0 Å². The third-order valence-corrected chi connectivity index (χ3v) is 11.0. The van der Waals surface area contributed by atoms with Crippen LogP contribution in [0.25, 0.3) is 0 Å². The second-order valence-corrected chi connectivity index (χ2v) is 17.0. The molecule has 3 heterocycles. The van der Waals surface area contributed by atoms with Gasteiger partial charge in [-0.25, -0.2) is 0 Å². The Morgan fingerprint density at radius 3 is 2.29 bits per heavy atom. The molecular weight excluding hydrogens is 770 g/mol. The Hall–Kier alpha value is -3.09. The number of carbonyl (C=O) groups excluding carboxylic acids is 5. The monoisotopic (exact) mass is 839 g/mol. The highest BCUT2D eigenvalue weighted by atomic mass is 16.7. The summed E-state index contributed by atoms with van der Waals surface area (Å²) in [6.45, 7) is 13.8. The Bertz CT molecular complexity index is 1450. The first-order chi connectivity index (χ1) is 27.7. The topological polar surface area (TPSA) is 203 Å². The SMILES string of the molecule is CCC(=O)O[C@@H]1CC(=O)O[C@H](C)C/C=C/C=C/C(=O)[C@H](C)C[C@H](CC=O)[C@H](O[C@@H]2O[C@@H](C)[C@@H](O[C@H]3C[C@@](C)(O)[C@@H](OC(=O)CC(C)C)[C@H](C)O3)[C@H](N(C)C)[C@H]2O)[C@H]1OC. The molecule has 0 aromatic rings. The molecule has 0 saturated carbocycles. The first kappa shape index (κ1) is 50.3. The van der Waals surface area contributed by atoms with Crippen molar-refractivity contribution in [1.82, 2.24) is 4.90 Å². The zero-order valence-corrected chi connectivity index (χ0v) is 36.6. The molecule has 336 valence electrons. The summed E-state index contributed by atoms with van der Waals surface area (Å²) in [4.78, 5) is 66.0. The van der Waals surface area contributed by atoms with Crippen molar-refractivity contribution in [3.8, 4) is 0 Å². The molecule has 15 atom stereocenters. The number of cyclic esters (lactones) is 1. The number of aliphatic hydroxyl groups is 2. The molecule has 2 saturated heterocycles. The van der Waals surface area contributed by atoms with Crippen LogP contribution in [0.4, 0.5) is 0 Å². The maximum absolute atomic E-state index is 13.3. The van der Waals surface area contributed by atoms with E-state index in [9.17, 15) is 34.2 Å². The number of nitrogens with zero attached hydrogens (tertiary/aromatic N) is 1. The highest BCUT2D eigenvalue weighted by molar-refractivity contribution is 5.91. The van der Waals surface area contributed by atoms with Crippen LogP contribution in [-0.2, 0) is 61.9 Å². The predicted molar refractivity (Wildman–Crippen MR) is 213 cm³/mol. The van der Waals surface area contributed by atoms with E-state index in [4.69, 9.17) is 37.9 Å². The van der Waals surface area contributed by atoms with E-state index >= 15 is 0 Å². The summed E-state index contributed by atoms with van der Waals surface area (Å²) in [6, 6.07) is -0.796. The molecule has 0 radical (unpaired) electrons. The van der Waals surface area contributed by atoms with Crippen LogP contribution in [0.1, 0.15) is 100 Å². The number of aliphatic hydroxyl groups excluding tert-OH is 1. The van der Waals surface area contributed by atoms with Gasteiger partial charge in [0.05, 0.1) is 30.8 Å². The molecule has 3 aliphatic heterocycles. The molecule has 0 aliphatic carbocycles. The van der Waals surface area contributed by atoms with E-state index in [0.717, 1.165) is 0 Å². The summed E-state index contributed by atoms with van der Waals surface area (Å²) in [5, 5.41) is 23.6. The molecule has 0 unspecified atom stereocenters. The number of carbonyl (C=O) groups is 5. The molecule has 0 bridgehead atoms. The zero-order chi connectivity index (χ0) is 44.2. The highest BCUT2D eigenvalue weighted by Crippen LogP contribution is 2.37. The molecule has 59 heavy (non-hydrogen) atoms. The molecule has 2 N–H and O–H groups in total. The quantitative estimate of drug-likeness (QED) is 0.155. The number of esters is 3. The van der Waals surface area contributed by atoms with Crippen molar-refractivity contribution >= 4 is 30.0 Å². The van der Waals surface area contributed by atoms with Crippen LogP contribution in [0.2, 0.25) is 0 Å². The van der Waals surface area contributed by atoms with Gasteiger partial charge in [-0.05, 0) is 66.1 Å². The fourth-order valence-electron chi connectivity index (χ4n) is 8.02. The average molecular weight is 840 g/mol. The lowest BCUT2D eigenvalue weighted by Crippen LogP contribution is -2.66. The van der Waals surface area contributed by atoms with Crippen molar-refractivity contribution in [3.63, 3.8) is 0 Å². The van der Waals surface area contributed by atoms with Crippen LogP contribution in [0.5, 0.6) is 0 Å². The van der Waals surface area contributed by atoms with E-state index in [2.05, 4.69) is 0 Å². The lowest BCUT2D eigenvalue weighted by molar-refractivity contribution is -0.344. The maximum atomic E-state index is 13.3. The summed E-state index contributed by atoms with van der Waals surface area (Å²) >= 11 is 0. The standard InChI is InChI=1S/C43H69NO15/c1-12-32(47)56-31-22-34(49)53-26(5)16-14-13-15-17-30(46)25(4)21-29(18-19-45)39(40(31)52-11)59-42-37(50)36(44(9)10)38(27(6)55-42)58-35-23-43(8,51)41(28(7)54-35)57-33(48)20-24(2)3/h13-15,17,19,24-29,31,35-42,50-51H,12,16,18,20-23H2,1-11H3/b14-13+,17-15+/t25-,26-,27+,28+,29+,31-,35+,36-,37-,38-,39+,40+,41+,42+,43-/m1/s1. The van der Waals surface area contributed by atoms with Gasteiger partial charge in [0.2, 0.25) is 0 Å². The predicted octanol–water partition coefficient (Wildman–Crippen LogP) is 3.61. The van der Waals surface area contributed by atoms with Crippen LogP contribution in [-0.4, -0.2) is 145 Å². The Kier molecular flexibility index (Phi) is 19.8. The van der Waals surface area contributed by atoms with Crippen LogP contribution in [0, 0.1) is 17.8 Å². The number of ether oxygens (including phenoxy) is 8. The van der Waals surface area contributed by atoms with E-state index in [1.165, 1.54) is 13.2 Å². The summed E-state index contributed by atoms with van der Waals surface area (Å²) < 4.78 is 48.7.